The number of allylic oxidation sites excluding steroid dienone is 6. The molecule has 0 atom stereocenters. The molecule has 0 N–H and O–H groups in total. The van der Waals surface area contributed by atoms with E-state index >= 15 is 0 Å². The van der Waals surface area contributed by atoms with E-state index in [1.54, 1.807) is 0 Å². The molecule has 0 bridgehead atoms. The van der Waals surface area contributed by atoms with Crippen LogP contribution in [-0.4, -0.2) is 0 Å². The normalized spacial score (nSPS) is 12.8. The highest BCUT2D eigenvalue weighted by atomic mass is 14.0. The second-order valence-electron chi connectivity index (χ2n) is 3.32. The fourth-order valence-corrected chi connectivity index (χ4v) is 1.40. The standard InChI is InChI=1S/C15H18/c1-3-5-6-8-11-14(4-2)15-12-9-7-10-13-15/h3-5,7-13H,6H2,1-2H3/b5-3+,11-8-,14-4+. The molecule has 0 radical (unpaired) electrons. The van der Waals surface area contributed by atoms with Gasteiger partial charge in [-0.2, -0.15) is 0 Å². The third kappa shape index (κ3) is 3.99. The van der Waals surface area contributed by atoms with Crippen LogP contribution in [-0.2, 0) is 0 Å². The van der Waals surface area contributed by atoms with Crippen molar-refractivity contribution in [3.63, 3.8) is 0 Å². The first-order valence-electron chi connectivity index (χ1n) is 5.38. The first-order chi connectivity index (χ1) is 7.38. The molecule has 0 aliphatic heterocycles. The zero-order chi connectivity index (χ0) is 10.9. The minimum absolute atomic E-state index is 1.00. The van der Waals surface area contributed by atoms with E-state index in [-0.39, 0.29) is 0 Å². The van der Waals surface area contributed by atoms with Gasteiger partial charge in [0.05, 0.1) is 0 Å². The van der Waals surface area contributed by atoms with E-state index in [2.05, 4.69) is 61.6 Å². The first kappa shape index (κ1) is 11.5. The van der Waals surface area contributed by atoms with E-state index in [1.165, 1.54) is 11.1 Å². The molecule has 0 heterocycles. The summed E-state index contributed by atoms with van der Waals surface area (Å²) in [5, 5.41) is 0. The largest absolute Gasteiger partial charge is 0.0914 e. The van der Waals surface area contributed by atoms with Crippen molar-refractivity contribution in [3.8, 4) is 0 Å². The van der Waals surface area contributed by atoms with E-state index in [9.17, 15) is 0 Å². The van der Waals surface area contributed by atoms with Gasteiger partial charge in [-0.25, -0.2) is 0 Å². The van der Waals surface area contributed by atoms with Crippen LogP contribution in [0.1, 0.15) is 25.8 Å². The highest BCUT2D eigenvalue weighted by Gasteiger charge is 1.93. The minimum atomic E-state index is 1.00. The van der Waals surface area contributed by atoms with Gasteiger partial charge in [0.2, 0.25) is 0 Å². The average Bonchev–Trinajstić information content (AvgIpc) is 2.30. The third-order valence-corrected chi connectivity index (χ3v) is 2.22. The third-order valence-electron chi connectivity index (χ3n) is 2.22. The summed E-state index contributed by atoms with van der Waals surface area (Å²) in [5.74, 6) is 0. The van der Waals surface area contributed by atoms with E-state index in [4.69, 9.17) is 0 Å². The first-order valence-corrected chi connectivity index (χ1v) is 5.38. The minimum Gasteiger partial charge on any atom is -0.0914 e. The van der Waals surface area contributed by atoms with Crippen molar-refractivity contribution < 1.29 is 0 Å². The van der Waals surface area contributed by atoms with E-state index in [0.717, 1.165) is 6.42 Å². The Hall–Kier alpha value is -1.56. The van der Waals surface area contributed by atoms with Gasteiger partial charge in [0, 0.05) is 0 Å². The van der Waals surface area contributed by atoms with Crippen molar-refractivity contribution in [2.45, 2.75) is 20.3 Å². The Morgan fingerprint density at radius 1 is 1.07 bits per heavy atom. The monoisotopic (exact) mass is 198 g/mol. The molecule has 78 valence electrons. The summed E-state index contributed by atoms with van der Waals surface area (Å²) >= 11 is 0. The summed E-state index contributed by atoms with van der Waals surface area (Å²) in [6.07, 6.45) is 11.7. The topological polar surface area (TPSA) is 0 Å². The van der Waals surface area contributed by atoms with Crippen LogP contribution in [0.15, 0.2) is 60.7 Å². The molecule has 0 heteroatoms. The highest BCUT2D eigenvalue weighted by Crippen LogP contribution is 2.15. The lowest BCUT2D eigenvalue weighted by molar-refractivity contribution is 1.38. The number of benzene rings is 1. The molecular formula is C15H18. The predicted octanol–water partition coefficient (Wildman–Crippen LogP) is 4.61. The van der Waals surface area contributed by atoms with Crippen LogP contribution in [0.2, 0.25) is 0 Å². The van der Waals surface area contributed by atoms with Crippen molar-refractivity contribution >= 4 is 5.57 Å². The second-order valence-corrected chi connectivity index (χ2v) is 3.32. The number of rotatable bonds is 4. The molecule has 1 aromatic carbocycles. The lowest BCUT2D eigenvalue weighted by Crippen LogP contribution is -1.78. The maximum atomic E-state index is 2.18. The lowest BCUT2D eigenvalue weighted by Gasteiger charge is -2.00. The zero-order valence-corrected chi connectivity index (χ0v) is 9.48. The van der Waals surface area contributed by atoms with Gasteiger partial charge in [-0.1, -0.05) is 60.7 Å². The Balaban J connectivity index is 2.70. The van der Waals surface area contributed by atoms with E-state index in [1.807, 2.05) is 13.0 Å². The molecule has 0 aliphatic rings. The molecule has 0 amide bonds. The Morgan fingerprint density at radius 2 is 1.80 bits per heavy atom. The SMILES string of the molecule is C/C=C/C/C=C\C(=C/C)c1ccccc1. The van der Waals surface area contributed by atoms with Crippen LogP contribution < -0.4 is 0 Å². The van der Waals surface area contributed by atoms with Crippen molar-refractivity contribution in [2.24, 2.45) is 0 Å². The molecule has 0 unspecified atom stereocenters. The summed E-state index contributed by atoms with van der Waals surface area (Å²) in [6, 6.07) is 10.4. The maximum absolute atomic E-state index is 2.18. The summed E-state index contributed by atoms with van der Waals surface area (Å²) in [5.41, 5.74) is 2.55. The van der Waals surface area contributed by atoms with Crippen LogP contribution in [0.3, 0.4) is 0 Å². The molecule has 0 nitrogen and oxygen atoms in total. The van der Waals surface area contributed by atoms with Gasteiger partial charge in [0.25, 0.3) is 0 Å². The maximum Gasteiger partial charge on any atom is -0.0166 e. The summed E-state index contributed by atoms with van der Waals surface area (Å²) in [4.78, 5) is 0. The van der Waals surface area contributed by atoms with Crippen molar-refractivity contribution in [2.75, 3.05) is 0 Å². The highest BCUT2D eigenvalue weighted by molar-refractivity contribution is 5.73. The van der Waals surface area contributed by atoms with Crippen LogP contribution in [0.4, 0.5) is 0 Å². The van der Waals surface area contributed by atoms with Gasteiger partial charge in [-0.05, 0) is 31.4 Å². The molecule has 0 fully saturated rings. The Morgan fingerprint density at radius 3 is 2.40 bits per heavy atom. The quantitative estimate of drug-likeness (QED) is 0.489. The smallest absolute Gasteiger partial charge is 0.0166 e. The van der Waals surface area contributed by atoms with E-state index < -0.39 is 0 Å². The average molecular weight is 198 g/mol. The van der Waals surface area contributed by atoms with Crippen LogP contribution in [0.5, 0.6) is 0 Å². The fourth-order valence-electron chi connectivity index (χ4n) is 1.40. The number of hydrogen-bond acceptors (Lipinski definition) is 0. The van der Waals surface area contributed by atoms with Crippen molar-refractivity contribution in [1.29, 1.82) is 0 Å². The Labute approximate surface area is 92.6 Å². The molecule has 15 heavy (non-hydrogen) atoms. The zero-order valence-electron chi connectivity index (χ0n) is 9.48. The summed E-state index contributed by atoms with van der Waals surface area (Å²) in [6.45, 7) is 4.12. The molecule has 0 aromatic heterocycles. The van der Waals surface area contributed by atoms with Crippen LogP contribution in [0, 0.1) is 0 Å². The van der Waals surface area contributed by atoms with Gasteiger partial charge in [0.15, 0.2) is 0 Å². The van der Waals surface area contributed by atoms with E-state index in [0.29, 0.717) is 0 Å². The Kier molecular flexibility index (Phi) is 5.24. The fraction of sp³-hybridized carbons (Fsp3) is 0.200. The molecule has 1 aromatic rings. The van der Waals surface area contributed by atoms with Crippen LogP contribution in [0.25, 0.3) is 5.57 Å². The molecule has 0 spiro atoms. The predicted molar refractivity (Wildman–Crippen MR) is 68.7 cm³/mol. The van der Waals surface area contributed by atoms with Crippen LogP contribution >= 0.6 is 0 Å². The van der Waals surface area contributed by atoms with Crippen molar-refractivity contribution in [3.05, 3.63) is 66.3 Å². The van der Waals surface area contributed by atoms with Gasteiger partial charge >= 0.3 is 0 Å². The molecular weight excluding hydrogens is 180 g/mol. The second kappa shape index (κ2) is 6.83. The molecule has 0 saturated heterocycles. The molecule has 0 aliphatic carbocycles. The van der Waals surface area contributed by atoms with Gasteiger partial charge in [-0.15, -0.1) is 0 Å². The summed E-state index contributed by atoms with van der Waals surface area (Å²) in [7, 11) is 0. The lowest BCUT2D eigenvalue weighted by atomic mass is 10.1. The van der Waals surface area contributed by atoms with Crippen molar-refractivity contribution in [1.82, 2.24) is 0 Å². The molecule has 0 saturated carbocycles. The Bertz CT molecular complexity index is 353. The number of hydrogen-bond donors (Lipinski definition) is 0. The van der Waals surface area contributed by atoms with Gasteiger partial charge < -0.3 is 0 Å². The molecule has 1 rings (SSSR count). The van der Waals surface area contributed by atoms with Gasteiger partial charge in [0.1, 0.15) is 0 Å². The van der Waals surface area contributed by atoms with Gasteiger partial charge in [-0.3, -0.25) is 0 Å². The summed E-state index contributed by atoms with van der Waals surface area (Å²) < 4.78 is 0.